The zero-order valence-corrected chi connectivity index (χ0v) is 12.9. The van der Waals surface area contributed by atoms with E-state index in [1.54, 1.807) is 7.11 Å². The highest BCUT2D eigenvalue weighted by molar-refractivity contribution is 7.87. The van der Waals surface area contributed by atoms with Gasteiger partial charge in [0.1, 0.15) is 0 Å². The molecule has 2 N–H and O–H groups in total. The van der Waals surface area contributed by atoms with Crippen molar-refractivity contribution in [2.45, 2.75) is 19.3 Å². The predicted octanol–water partition coefficient (Wildman–Crippen LogP) is -0.422. The highest BCUT2D eigenvalue weighted by atomic mass is 32.2. The number of aliphatic hydroxyl groups excluding tert-OH is 1. The SMILES string of the molecule is COCCOCCCNS(=O)(=O)N1CCC(CO)CC1. The van der Waals surface area contributed by atoms with E-state index in [9.17, 15) is 8.42 Å². The second-order valence-corrected chi connectivity index (χ2v) is 6.64. The molecule has 1 saturated heterocycles. The monoisotopic (exact) mass is 310 g/mol. The van der Waals surface area contributed by atoms with E-state index < -0.39 is 10.2 Å². The van der Waals surface area contributed by atoms with Crippen LogP contribution in [0.3, 0.4) is 0 Å². The smallest absolute Gasteiger partial charge is 0.279 e. The molecule has 0 spiro atoms. The van der Waals surface area contributed by atoms with Crippen molar-refractivity contribution in [2.24, 2.45) is 5.92 Å². The normalized spacial score (nSPS) is 18.5. The Morgan fingerprint density at radius 1 is 1.25 bits per heavy atom. The van der Waals surface area contributed by atoms with Crippen LogP contribution in [0.15, 0.2) is 0 Å². The lowest BCUT2D eigenvalue weighted by Crippen LogP contribution is -2.45. The van der Waals surface area contributed by atoms with Crippen molar-refractivity contribution in [1.82, 2.24) is 9.03 Å². The van der Waals surface area contributed by atoms with Crippen molar-refractivity contribution < 1.29 is 23.0 Å². The first kappa shape index (κ1) is 17.8. The zero-order valence-electron chi connectivity index (χ0n) is 12.1. The molecule has 1 aliphatic rings. The fourth-order valence-electron chi connectivity index (χ4n) is 2.04. The van der Waals surface area contributed by atoms with Gasteiger partial charge >= 0.3 is 0 Å². The molecule has 0 aromatic heterocycles. The Bertz CT molecular complexity index is 342. The summed E-state index contributed by atoms with van der Waals surface area (Å²) in [5.41, 5.74) is 0. The van der Waals surface area contributed by atoms with Crippen LogP contribution in [0.4, 0.5) is 0 Å². The standard InChI is InChI=1S/C12H26N2O5S/c1-18-9-10-19-8-2-5-13-20(16,17)14-6-3-12(11-15)4-7-14/h12-13,15H,2-11H2,1H3. The summed E-state index contributed by atoms with van der Waals surface area (Å²) in [4.78, 5) is 0. The van der Waals surface area contributed by atoms with Gasteiger partial charge in [0.05, 0.1) is 13.2 Å². The van der Waals surface area contributed by atoms with Gasteiger partial charge < -0.3 is 14.6 Å². The molecule has 0 aromatic carbocycles. The van der Waals surface area contributed by atoms with E-state index in [0.717, 1.165) is 12.8 Å². The first-order valence-corrected chi connectivity index (χ1v) is 8.46. The van der Waals surface area contributed by atoms with Crippen LogP contribution in [-0.2, 0) is 19.7 Å². The van der Waals surface area contributed by atoms with Crippen LogP contribution in [0, 0.1) is 5.92 Å². The minimum atomic E-state index is -3.39. The molecule has 0 saturated carbocycles. The fourth-order valence-corrected chi connectivity index (χ4v) is 3.32. The van der Waals surface area contributed by atoms with Crippen molar-refractivity contribution in [2.75, 3.05) is 53.2 Å². The quantitative estimate of drug-likeness (QED) is 0.535. The number of nitrogens with zero attached hydrogens (tertiary/aromatic N) is 1. The van der Waals surface area contributed by atoms with Gasteiger partial charge in [-0.3, -0.25) is 0 Å². The largest absolute Gasteiger partial charge is 0.396 e. The Kier molecular flexibility index (Phi) is 8.58. The van der Waals surface area contributed by atoms with Gasteiger partial charge in [-0.1, -0.05) is 0 Å². The van der Waals surface area contributed by atoms with Crippen molar-refractivity contribution in [3.8, 4) is 0 Å². The number of aliphatic hydroxyl groups is 1. The number of nitrogens with one attached hydrogen (secondary N) is 1. The maximum absolute atomic E-state index is 12.0. The van der Waals surface area contributed by atoms with Crippen LogP contribution in [0.25, 0.3) is 0 Å². The van der Waals surface area contributed by atoms with Crippen molar-refractivity contribution >= 4 is 10.2 Å². The van der Waals surface area contributed by atoms with E-state index in [-0.39, 0.29) is 12.5 Å². The van der Waals surface area contributed by atoms with Gasteiger partial charge in [0.15, 0.2) is 0 Å². The maximum Gasteiger partial charge on any atom is 0.279 e. The lowest BCUT2D eigenvalue weighted by Gasteiger charge is -2.30. The summed E-state index contributed by atoms with van der Waals surface area (Å²) < 4.78 is 38.1. The van der Waals surface area contributed by atoms with Crippen LogP contribution in [0.1, 0.15) is 19.3 Å². The van der Waals surface area contributed by atoms with Gasteiger partial charge in [0.25, 0.3) is 10.2 Å². The zero-order chi connectivity index (χ0) is 14.8. The molecule has 1 rings (SSSR count). The molecule has 1 heterocycles. The molecule has 0 radical (unpaired) electrons. The summed E-state index contributed by atoms with van der Waals surface area (Å²) in [5, 5.41) is 9.04. The number of hydrogen-bond acceptors (Lipinski definition) is 5. The van der Waals surface area contributed by atoms with Crippen molar-refractivity contribution in [3.63, 3.8) is 0 Å². The lowest BCUT2D eigenvalue weighted by molar-refractivity contribution is 0.0699. The molecule has 0 bridgehead atoms. The highest BCUT2D eigenvalue weighted by Gasteiger charge is 2.26. The first-order valence-electron chi connectivity index (χ1n) is 7.02. The van der Waals surface area contributed by atoms with E-state index >= 15 is 0 Å². The third kappa shape index (κ3) is 6.47. The summed E-state index contributed by atoms with van der Waals surface area (Å²) in [6.45, 7) is 3.05. The molecule has 20 heavy (non-hydrogen) atoms. The van der Waals surface area contributed by atoms with E-state index in [1.165, 1.54) is 4.31 Å². The molecule has 0 unspecified atom stereocenters. The van der Waals surface area contributed by atoms with Crippen LogP contribution in [-0.4, -0.2) is 71.0 Å². The minimum Gasteiger partial charge on any atom is -0.396 e. The second-order valence-electron chi connectivity index (χ2n) is 4.88. The maximum atomic E-state index is 12.0. The van der Waals surface area contributed by atoms with Gasteiger partial charge in [-0.15, -0.1) is 0 Å². The Morgan fingerprint density at radius 2 is 1.95 bits per heavy atom. The predicted molar refractivity (Wildman–Crippen MR) is 75.6 cm³/mol. The first-order chi connectivity index (χ1) is 9.60. The highest BCUT2D eigenvalue weighted by Crippen LogP contribution is 2.18. The average molecular weight is 310 g/mol. The van der Waals surface area contributed by atoms with E-state index in [0.29, 0.717) is 45.9 Å². The van der Waals surface area contributed by atoms with Crippen LogP contribution in [0.5, 0.6) is 0 Å². The van der Waals surface area contributed by atoms with Gasteiger partial charge in [-0.05, 0) is 25.2 Å². The van der Waals surface area contributed by atoms with E-state index in [2.05, 4.69) is 4.72 Å². The number of rotatable bonds is 10. The summed E-state index contributed by atoms with van der Waals surface area (Å²) in [6, 6.07) is 0. The summed E-state index contributed by atoms with van der Waals surface area (Å²) in [7, 11) is -1.78. The molecule has 1 aliphatic heterocycles. The van der Waals surface area contributed by atoms with Crippen molar-refractivity contribution in [1.29, 1.82) is 0 Å². The Labute approximate surface area is 121 Å². The molecule has 1 fully saturated rings. The third-order valence-electron chi connectivity index (χ3n) is 3.35. The molecule has 8 heteroatoms. The van der Waals surface area contributed by atoms with Crippen LogP contribution in [0.2, 0.25) is 0 Å². The molecule has 120 valence electrons. The fraction of sp³-hybridized carbons (Fsp3) is 1.00. The van der Waals surface area contributed by atoms with E-state index in [4.69, 9.17) is 14.6 Å². The van der Waals surface area contributed by atoms with Gasteiger partial charge in [-0.2, -0.15) is 12.7 Å². The molecular weight excluding hydrogens is 284 g/mol. The third-order valence-corrected chi connectivity index (χ3v) is 4.97. The molecule has 7 nitrogen and oxygen atoms in total. The summed E-state index contributed by atoms with van der Waals surface area (Å²) in [6.07, 6.45) is 2.07. The van der Waals surface area contributed by atoms with Crippen LogP contribution >= 0.6 is 0 Å². The summed E-state index contributed by atoms with van der Waals surface area (Å²) >= 11 is 0. The molecule has 0 aromatic rings. The number of ether oxygens (including phenoxy) is 2. The number of hydrogen-bond donors (Lipinski definition) is 2. The Hall–Kier alpha value is -0.250. The van der Waals surface area contributed by atoms with Gasteiger partial charge in [0.2, 0.25) is 0 Å². The minimum absolute atomic E-state index is 0.139. The molecular formula is C12H26N2O5S. The lowest BCUT2D eigenvalue weighted by atomic mass is 10.00. The van der Waals surface area contributed by atoms with Crippen LogP contribution < -0.4 is 4.72 Å². The van der Waals surface area contributed by atoms with Gasteiger partial charge in [-0.25, -0.2) is 4.72 Å². The average Bonchev–Trinajstić information content (AvgIpc) is 2.46. The number of piperidine rings is 1. The number of methoxy groups -OCH3 is 1. The summed E-state index contributed by atoms with van der Waals surface area (Å²) in [5.74, 6) is 0.232. The Balaban J connectivity index is 2.15. The molecule has 0 atom stereocenters. The van der Waals surface area contributed by atoms with Gasteiger partial charge in [0, 0.05) is 40.0 Å². The molecule has 0 aliphatic carbocycles. The van der Waals surface area contributed by atoms with Crippen molar-refractivity contribution in [3.05, 3.63) is 0 Å². The topological polar surface area (TPSA) is 88.1 Å². The van der Waals surface area contributed by atoms with E-state index in [1.807, 2.05) is 0 Å². The molecule has 0 amide bonds. The Morgan fingerprint density at radius 3 is 2.55 bits per heavy atom. The second kappa shape index (κ2) is 9.64.